The maximum Gasteiger partial charge on any atom is 0.222 e. The minimum absolute atomic E-state index is 0.00457. The third-order valence-corrected chi connectivity index (χ3v) is 2.82. The van der Waals surface area contributed by atoms with E-state index in [-0.39, 0.29) is 17.9 Å². The first-order chi connectivity index (χ1) is 9.00. The van der Waals surface area contributed by atoms with E-state index in [0.29, 0.717) is 19.5 Å². The van der Waals surface area contributed by atoms with E-state index in [1.165, 1.54) is 6.92 Å². The second kappa shape index (κ2) is 7.51. The van der Waals surface area contributed by atoms with Crippen molar-refractivity contribution in [3.8, 4) is 0 Å². The summed E-state index contributed by atoms with van der Waals surface area (Å²) in [7, 11) is 0. The lowest BCUT2D eigenvalue weighted by atomic mass is 10.2. The second-order valence-electron chi connectivity index (χ2n) is 4.69. The topological polar surface area (TPSA) is 62.3 Å². The Hall–Kier alpha value is -1.91. The molecule has 1 aromatic rings. The summed E-state index contributed by atoms with van der Waals surface area (Å²) in [5.74, 6) is -0.0641. The molecular weight excluding hydrogens is 242 g/mol. The quantitative estimate of drug-likeness (QED) is 0.842. The molecule has 1 heterocycles. The lowest BCUT2D eigenvalue weighted by Crippen LogP contribution is -2.38. The predicted octanol–water partition coefficient (Wildman–Crippen LogP) is 1.34. The fraction of sp³-hybridized carbons (Fsp3) is 0.500. The van der Waals surface area contributed by atoms with Crippen LogP contribution >= 0.6 is 0 Å². The molecule has 1 rings (SSSR count). The fourth-order valence-corrected chi connectivity index (χ4v) is 1.79. The monoisotopic (exact) mass is 263 g/mol. The van der Waals surface area contributed by atoms with Gasteiger partial charge in [-0.05, 0) is 25.5 Å². The molecule has 0 aromatic carbocycles. The van der Waals surface area contributed by atoms with Gasteiger partial charge in [-0.2, -0.15) is 0 Å². The zero-order valence-electron chi connectivity index (χ0n) is 11.7. The molecule has 19 heavy (non-hydrogen) atoms. The van der Waals surface area contributed by atoms with Gasteiger partial charge in [-0.3, -0.25) is 14.6 Å². The highest BCUT2D eigenvalue weighted by molar-refractivity contribution is 5.78. The van der Waals surface area contributed by atoms with E-state index < -0.39 is 0 Å². The Morgan fingerprint density at radius 2 is 2.16 bits per heavy atom. The maximum absolute atomic E-state index is 11.7. The van der Waals surface area contributed by atoms with Crippen LogP contribution in [0.3, 0.4) is 0 Å². The van der Waals surface area contributed by atoms with Crippen molar-refractivity contribution in [2.75, 3.05) is 6.54 Å². The van der Waals surface area contributed by atoms with E-state index in [2.05, 4.69) is 10.3 Å². The minimum atomic E-state index is -0.0595. The highest BCUT2D eigenvalue weighted by Gasteiger charge is 2.13. The highest BCUT2D eigenvalue weighted by Crippen LogP contribution is 2.01. The third-order valence-electron chi connectivity index (χ3n) is 2.82. The number of nitrogens with zero attached hydrogens (tertiary/aromatic N) is 2. The molecule has 1 N–H and O–H groups in total. The van der Waals surface area contributed by atoms with Gasteiger partial charge in [-0.15, -0.1) is 0 Å². The zero-order valence-corrected chi connectivity index (χ0v) is 11.7. The molecule has 0 radical (unpaired) electrons. The zero-order chi connectivity index (χ0) is 14.3. The molecule has 5 heteroatoms. The summed E-state index contributed by atoms with van der Waals surface area (Å²) in [4.78, 5) is 28.7. The van der Waals surface area contributed by atoms with Crippen LogP contribution in [-0.2, 0) is 16.1 Å². The van der Waals surface area contributed by atoms with Gasteiger partial charge in [0, 0.05) is 44.9 Å². The van der Waals surface area contributed by atoms with Gasteiger partial charge in [0.25, 0.3) is 0 Å². The summed E-state index contributed by atoms with van der Waals surface area (Å²) in [6.07, 6.45) is 3.73. The van der Waals surface area contributed by atoms with Crippen LogP contribution in [0.1, 0.15) is 32.8 Å². The number of amides is 2. The molecule has 0 unspecified atom stereocenters. The van der Waals surface area contributed by atoms with Crippen LogP contribution in [0.15, 0.2) is 24.5 Å². The van der Waals surface area contributed by atoms with Crippen molar-refractivity contribution in [1.29, 1.82) is 0 Å². The van der Waals surface area contributed by atoms with Crippen LogP contribution in [0.4, 0.5) is 0 Å². The summed E-state index contributed by atoms with van der Waals surface area (Å²) in [5.41, 5.74) is 0.961. The average molecular weight is 263 g/mol. The van der Waals surface area contributed by atoms with Crippen LogP contribution in [0.2, 0.25) is 0 Å². The van der Waals surface area contributed by atoms with Gasteiger partial charge < -0.3 is 10.2 Å². The lowest BCUT2D eigenvalue weighted by molar-refractivity contribution is -0.131. The van der Waals surface area contributed by atoms with Gasteiger partial charge >= 0.3 is 0 Å². The average Bonchev–Trinajstić information content (AvgIpc) is 2.37. The molecular formula is C14H21N3O2. The third kappa shape index (κ3) is 5.50. The van der Waals surface area contributed by atoms with Gasteiger partial charge in [0.05, 0.1) is 0 Å². The van der Waals surface area contributed by atoms with Crippen molar-refractivity contribution in [3.05, 3.63) is 30.1 Å². The molecule has 0 saturated carbocycles. The maximum atomic E-state index is 11.7. The molecule has 0 spiro atoms. The standard InChI is InChI=1S/C14H21N3O2/c1-11(2)17(12(3)18)8-6-14(19)16-10-13-5-4-7-15-9-13/h4-5,7,9,11H,6,8,10H2,1-3H3,(H,16,19). The number of pyridine rings is 1. The molecule has 0 atom stereocenters. The van der Waals surface area contributed by atoms with E-state index in [1.54, 1.807) is 17.3 Å². The van der Waals surface area contributed by atoms with Gasteiger partial charge in [-0.25, -0.2) is 0 Å². The first kappa shape index (κ1) is 15.1. The van der Waals surface area contributed by atoms with Crippen LogP contribution in [0.5, 0.6) is 0 Å². The van der Waals surface area contributed by atoms with Gasteiger partial charge in [0.15, 0.2) is 0 Å². The Labute approximate surface area is 114 Å². The Bertz CT molecular complexity index is 418. The molecule has 0 fully saturated rings. The molecule has 0 aliphatic heterocycles. The molecule has 104 valence electrons. The molecule has 1 aromatic heterocycles. The first-order valence-corrected chi connectivity index (χ1v) is 6.43. The lowest BCUT2D eigenvalue weighted by Gasteiger charge is -2.24. The summed E-state index contributed by atoms with van der Waals surface area (Å²) in [5, 5.41) is 2.82. The van der Waals surface area contributed by atoms with Gasteiger partial charge in [0.1, 0.15) is 0 Å². The van der Waals surface area contributed by atoms with Crippen molar-refractivity contribution < 1.29 is 9.59 Å². The van der Waals surface area contributed by atoms with Gasteiger partial charge in [0.2, 0.25) is 11.8 Å². The van der Waals surface area contributed by atoms with Crippen molar-refractivity contribution in [3.63, 3.8) is 0 Å². The number of hydrogen-bond acceptors (Lipinski definition) is 3. The number of hydrogen-bond donors (Lipinski definition) is 1. The Morgan fingerprint density at radius 3 is 2.68 bits per heavy atom. The molecule has 0 saturated heterocycles. The van der Waals surface area contributed by atoms with E-state index >= 15 is 0 Å². The molecule has 0 aliphatic rings. The SMILES string of the molecule is CC(=O)N(CCC(=O)NCc1cccnc1)C(C)C. The minimum Gasteiger partial charge on any atom is -0.352 e. The molecule has 2 amide bonds. The molecule has 5 nitrogen and oxygen atoms in total. The van der Waals surface area contributed by atoms with Crippen molar-refractivity contribution in [1.82, 2.24) is 15.2 Å². The second-order valence-corrected chi connectivity index (χ2v) is 4.69. The first-order valence-electron chi connectivity index (χ1n) is 6.43. The number of carbonyl (C=O) groups excluding carboxylic acids is 2. The number of carbonyl (C=O) groups is 2. The molecule has 0 aliphatic carbocycles. The Kier molecular flexibility index (Phi) is 5.99. The summed E-state index contributed by atoms with van der Waals surface area (Å²) in [6.45, 7) is 6.32. The van der Waals surface area contributed by atoms with Crippen LogP contribution in [-0.4, -0.2) is 34.3 Å². The smallest absolute Gasteiger partial charge is 0.222 e. The number of nitrogens with one attached hydrogen (secondary N) is 1. The van der Waals surface area contributed by atoms with Crippen LogP contribution in [0, 0.1) is 0 Å². The summed E-state index contributed by atoms with van der Waals surface area (Å²) in [6, 6.07) is 3.85. The van der Waals surface area contributed by atoms with E-state index in [9.17, 15) is 9.59 Å². The normalized spacial score (nSPS) is 10.3. The summed E-state index contributed by atoms with van der Waals surface area (Å²) < 4.78 is 0. The predicted molar refractivity (Wildman–Crippen MR) is 73.2 cm³/mol. The van der Waals surface area contributed by atoms with Crippen molar-refractivity contribution >= 4 is 11.8 Å². The van der Waals surface area contributed by atoms with E-state index in [4.69, 9.17) is 0 Å². The number of rotatable bonds is 6. The van der Waals surface area contributed by atoms with E-state index in [1.807, 2.05) is 26.0 Å². The Balaban J connectivity index is 2.33. The molecule has 0 bridgehead atoms. The van der Waals surface area contributed by atoms with Crippen LogP contribution < -0.4 is 5.32 Å². The van der Waals surface area contributed by atoms with Gasteiger partial charge in [-0.1, -0.05) is 6.07 Å². The van der Waals surface area contributed by atoms with Crippen LogP contribution in [0.25, 0.3) is 0 Å². The van der Waals surface area contributed by atoms with Crippen molar-refractivity contribution in [2.45, 2.75) is 39.8 Å². The van der Waals surface area contributed by atoms with Crippen molar-refractivity contribution in [2.24, 2.45) is 0 Å². The summed E-state index contributed by atoms with van der Waals surface area (Å²) >= 11 is 0. The van der Waals surface area contributed by atoms with E-state index in [0.717, 1.165) is 5.56 Å². The fourth-order valence-electron chi connectivity index (χ4n) is 1.79. The highest BCUT2D eigenvalue weighted by atomic mass is 16.2. The largest absolute Gasteiger partial charge is 0.352 e. The number of aromatic nitrogens is 1. The Morgan fingerprint density at radius 1 is 1.42 bits per heavy atom.